The molecule has 0 bridgehead atoms. The second-order valence-electron chi connectivity index (χ2n) is 17.6. The Morgan fingerprint density at radius 2 is 1.53 bits per heavy atom. The van der Waals surface area contributed by atoms with Crippen molar-refractivity contribution in [3.63, 3.8) is 0 Å². The van der Waals surface area contributed by atoms with Gasteiger partial charge in [-0.15, -0.1) is 0 Å². The number of nitrogens with two attached hydrogens (primary N) is 1. The van der Waals surface area contributed by atoms with Gasteiger partial charge in [-0.1, -0.05) is 12.1 Å². The Kier molecular flexibility index (Phi) is 20.6. The van der Waals surface area contributed by atoms with Crippen molar-refractivity contribution in [2.75, 3.05) is 99.9 Å². The van der Waals surface area contributed by atoms with Crippen LogP contribution in [0.25, 0.3) is 0 Å². The van der Waals surface area contributed by atoms with E-state index in [0.29, 0.717) is 65.5 Å². The first kappa shape index (κ1) is 55.9. The molecule has 2 aromatic rings. The minimum Gasteiger partial charge on any atom is -0.507 e. The van der Waals surface area contributed by atoms with Crippen molar-refractivity contribution in [1.29, 1.82) is 0 Å². The molecule has 4 amide bonds. The van der Waals surface area contributed by atoms with Crippen LogP contribution >= 0.6 is 0 Å². The second-order valence-corrected chi connectivity index (χ2v) is 17.6. The number of aliphatic hydroxyl groups is 2. The largest absolute Gasteiger partial charge is 0.507 e. The summed E-state index contributed by atoms with van der Waals surface area (Å²) in [7, 11) is 2.33. The molecule has 24 heteroatoms. The van der Waals surface area contributed by atoms with Gasteiger partial charge in [0.15, 0.2) is 17.7 Å². The van der Waals surface area contributed by atoms with Crippen LogP contribution in [0.5, 0.6) is 17.2 Å². The number of likely N-dealkylation sites (tertiary alicyclic amines) is 1. The topological polar surface area (TPSA) is 332 Å². The first-order valence-electron chi connectivity index (χ1n) is 24.0. The van der Waals surface area contributed by atoms with Crippen molar-refractivity contribution >= 4 is 35.2 Å². The number of fused-ring (bicyclic) bond motifs is 3. The minimum atomic E-state index is -2.40. The zero-order valence-corrected chi connectivity index (χ0v) is 40.8. The Balaban J connectivity index is 0.00000418. The van der Waals surface area contributed by atoms with Gasteiger partial charge in [-0.3, -0.25) is 44.9 Å². The lowest BCUT2D eigenvalue weighted by atomic mass is 9.72. The van der Waals surface area contributed by atoms with Crippen LogP contribution in [0, 0.1) is 5.92 Å². The van der Waals surface area contributed by atoms with Crippen LogP contribution in [-0.2, 0) is 63.5 Å². The molecule has 398 valence electrons. The molecule has 7 rings (SSSR count). The molecule has 5 aliphatic rings. The first-order valence-corrected chi connectivity index (χ1v) is 24.0. The van der Waals surface area contributed by atoms with Crippen LogP contribution in [0.4, 0.5) is 0 Å². The highest BCUT2D eigenvalue weighted by molar-refractivity contribution is 6.31. The fraction of sp³-hybridized carbons (Fsp3) is 0.625. The number of aliphatic hydroxyl groups excluding tert-OH is 1. The molecular formula is C48H67N5O19. The number of hydrogen-bond acceptors (Lipinski definition) is 20. The molecule has 72 heavy (non-hydrogen) atoms. The number of nitrogens with one attached hydrogen (secondary N) is 3. The second kappa shape index (κ2) is 26.5. The summed E-state index contributed by atoms with van der Waals surface area (Å²) in [6, 6.07) is 4.38. The third-order valence-electron chi connectivity index (χ3n) is 12.9. The van der Waals surface area contributed by atoms with Crippen molar-refractivity contribution in [2.45, 2.75) is 88.3 Å². The highest BCUT2D eigenvalue weighted by atomic mass is 16.7. The van der Waals surface area contributed by atoms with Gasteiger partial charge in [-0.2, -0.15) is 0 Å². The fourth-order valence-electron chi connectivity index (χ4n) is 9.21. The molecule has 3 heterocycles. The molecule has 9 N–H and O–H groups in total. The molecule has 0 spiro atoms. The molecule has 0 radical (unpaired) electrons. The summed E-state index contributed by atoms with van der Waals surface area (Å²) in [6.45, 7) is 5.96. The van der Waals surface area contributed by atoms with Crippen LogP contribution in [-0.4, -0.2) is 191 Å². The Labute approximate surface area is 415 Å². The van der Waals surface area contributed by atoms with E-state index in [2.05, 4.69) is 16.2 Å². The summed E-state index contributed by atoms with van der Waals surface area (Å²) >= 11 is 0. The Hall–Kier alpha value is -5.38. The van der Waals surface area contributed by atoms with E-state index in [0.717, 1.165) is 7.11 Å². The zero-order chi connectivity index (χ0) is 52.0. The van der Waals surface area contributed by atoms with E-state index in [1.165, 1.54) is 25.3 Å². The van der Waals surface area contributed by atoms with Gasteiger partial charge in [0.25, 0.3) is 5.91 Å². The van der Waals surface area contributed by atoms with Gasteiger partial charge >= 0.3 is 0 Å². The molecular weight excluding hydrogens is 951 g/mol. The highest BCUT2D eigenvalue weighted by Crippen LogP contribution is 2.52. The van der Waals surface area contributed by atoms with Crippen molar-refractivity contribution in [3.8, 4) is 17.2 Å². The van der Waals surface area contributed by atoms with E-state index >= 15 is 0 Å². The number of hydrazine groups is 1. The maximum Gasteiger partial charge on any atom is 0.270 e. The SMILES string of the molecule is CO.COc1cccc2c1C(=O)c1c(O)c3c(c(O)c1C2=O)C[C@@](O)(C(=O)NNC(=O)CCOCCOCCOCCOCCC(=O)N1CCC(C(N)=O)C1)C[C@@H]3OC1CC[C@H](OC2COCCN2)[C@H](C)O1. The highest BCUT2D eigenvalue weighted by Gasteiger charge is 2.50. The van der Waals surface area contributed by atoms with Gasteiger partial charge in [0.2, 0.25) is 23.5 Å². The van der Waals surface area contributed by atoms with E-state index in [9.17, 15) is 44.1 Å². The summed E-state index contributed by atoms with van der Waals surface area (Å²) in [6.07, 6.45) is -3.34. The van der Waals surface area contributed by atoms with Crippen LogP contribution in [0.3, 0.4) is 0 Å². The molecule has 2 aromatic carbocycles. The lowest BCUT2D eigenvalue weighted by Gasteiger charge is -2.42. The molecule has 3 aliphatic heterocycles. The Morgan fingerprint density at radius 3 is 2.15 bits per heavy atom. The van der Waals surface area contributed by atoms with Gasteiger partial charge in [0.1, 0.15) is 23.5 Å². The number of benzene rings is 2. The molecule has 3 fully saturated rings. The lowest BCUT2D eigenvalue weighted by molar-refractivity contribution is -0.258. The third kappa shape index (κ3) is 13.6. The van der Waals surface area contributed by atoms with E-state index in [1.807, 2.05) is 0 Å². The number of hydrogen-bond donors (Lipinski definition) is 8. The predicted molar refractivity (Wildman–Crippen MR) is 249 cm³/mol. The molecule has 2 aliphatic carbocycles. The number of rotatable bonds is 22. The number of phenols is 2. The Bertz CT molecular complexity index is 2240. The predicted octanol–water partition coefficient (Wildman–Crippen LogP) is -0.591. The molecule has 0 aromatic heterocycles. The number of aromatic hydroxyl groups is 2. The van der Waals surface area contributed by atoms with Gasteiger partial charge in [0.05, 0.1) is 127 Å². The summed E-state index contributed by atoms with van der Waals surface area (Å²) in [5.41, 5.74) is 5.92. The number of methoxy groups -OCH3 is 1. The summed E-state index contributed by atoms with van der Waals surface area (Å²) in [4.78, 5) is 79.8. The minimum absolute atomic E-state index is 0.0326. The molecule has 3 saturated heterocycles. The molecule has 7 atom stereocenters. The first-order chi connectivity index (χ1) is 34.7. The number of carbonyl (C=O) groups is 6. The van der Waals surface area contributed by atoms with Crippen LogP contribution in [0.15, 0.2) is 18.2 Å². The van der Waals surface area contributed by atoms with Gasteiger partial charge in [0, 0.05) is 62.7 Å². The normalized spacial score (nSPS) is 24.5. The Morgan fingerprint density at radius 1 is 0.861 bits per heavy atom. The maximum atomic E-state index is 14.1. The quantitative estimate of drug-likeness (QED) is 0.0354. The smallest absolute Gasteiger partial charge is 0.270 e. The number of ether oxygens (including phenoxy) is 9. The van der Waals surface area contributed by atoms with Crippen LogP contribution < -0.4 is 26.6 Å². The number of primary amides is 1. The number of ketones is 2. The fourth-order valence-corrected chi connectivity index (χ4v) is 9.21. The standard InChI is InChI=1S/C47H63N5O18.CH4O/c1-26-30(69-34-25-67-15-11-49-34)6-7-36(68-26)70-32-23-47(61,22-29-38(32)44(58)40-39(42(29)56)41(55)28-4-3-5-31(62-2)37(28)43(40)57)46(60)51-50-33(53)9-13-63-16-18-65-20-21-66-19-17-64-14-10-35(54)52-12-8-27(24-52)45(48)59;1-2/h3-5,26-27,30,32,34,36,49,56,58,61H,6-25H2,1-2H3,(H2,48,59)(H,50,53)(H,51,60);2H,1H3/t26-,27?,30-,32-,34?,36?,47-;/m0./s1. The van der Waals surface area contributed by atoms with Gasteiger partial charge in [-0.05, 0) is 25.8 Å². The van der Waals surface area contributed by atoms with E-state index in [-0.39, 0.29) is 104 Å². The van der Waals surface area contributed by atoms with Crippen molar-refractivity contribution in [3.05, 3.63) is 51.6 Å². The summed E-state index contributed by atoms with van der Waals surface area (Å²) in [5, 5.41) is 46.1. The average molecular weight is 1020 g/mol. The third-order valence-corrected chi connectivity index (χ3v) is 12.9. The molecule has 24 nitrogen and oxygen atoms in total. The number of nitrogens with zero attached hydrogens (tertiary/aromatic N) is 1. The zero-order valence-electron chi connectivity index (χ0n) is 40.8. The van der Waals surface area contributed by atoms with Gasteiger partial charge < -0.3 is 73.7 Å². The number of morpholine rings is 1. The number of phenolic OH excluding ortho intramolecular Hbond substituents is 2. The van der Waals surface area contributed by atoms with Crippen molar-refractivity contribution in [2.24, 2.45) is 11.7 Å². The van der Waals surface area contributed by atoms with Crippen molar-refractivity contribution < 1.29 is 91.8 Å². The van der Waals surface area contributed by atoms with E-state index < -0.39 is 88.9 Å². The summed E-state index contributed by atoms with van der Waals surface area (Å²) < 4.78 is 51.5. The molecule has 3 unspecified atom stereocenters. The monoisotopic (exact) mass is 1020 g/mol. The van der Waals surface area contributed by atoms with Crippen LogP contribution in [0.1, 0.15) is 94.5 Å². The average Bonchev–Trinajstić information content (AvgIpc) is 3.89. The lowest BCUT2D eigenvalue weighted by Crippen LogP contribution is -2.56. The maximum absolute atomic E-state index is 14.1. The van der Waals surface area contributed by atoms with Crippen LogP contribution in [0.2, 0.25) is 0 Å². The number of carbonyl (C=O) groups excluding carboxylic acids is 6. The van der Waals surface area contributed by atoms with Crippen molar-refractivity contribution in [1.82, 2.24) is 21.1 Å². The molecule has 0 saturated carbocycles. The van der Waals surface area contributed by atoms with E-state index in [1.54, 1.807) is 11.8 Å². The van der Waals surface area contributed by atoms with E-state index in [4.69, 9.17) is 53.5 Å². The summed E-state index contributed by atoms with van der Waals surface area (Å²) in [5.74, 6) is -5.40. The van der Waals surface area contributed by atoms with Gasteiger partial charge in [-0.25, -0.2) is 0 Å². The number of amides is 4.